The Morgan fingerprint density at radius 2 is 1.80 bits per heavy atom. The lowest BCUT2D eigenvalue weighted by molar-refractivity contribution is 0.0720. The first-order chi connectivity index (χ1) is 14.3. The highest BCUT2D eigenvalue weighted by atomic mass is 19.1. The van der Waals surface area contributed by atoms with Crippen molar-refractivity contribution in [1.82, 2.24) is 9.80 Å². The van der Waals surface area contributed by atoms with E-state index in [-0.39, 0.29) is 22.7 Å². The monoisotopic (exact) mass is 408 g/mol. The minimum Gasteiger partial charge on any atom is -0.450 e. The van der Waals surface area contributed by atoms with Crippen LogP contribution in [0.1, 0.15) is 45.3 Å². The molecule has 0 fully saturated rings. The van der Waals surface area contributed by atoms with Crippen molar-refractivity contribution in [2.24, 2.45) is 0 Å². The number of carbonyl (C=O) groups excluding carboxylic acids is 1. The molecule has 1 amide bonds. The zero-order valence-corrected chi connectivity index (χ0v) is 17.7. The van der Waals surface area contributed by atoms with Crippen LogP contribution < -0.4 is 5.43 Å². The molecule has 4 rings (SSSR count). The molecule has 5 nitrogen and oxygen atoms in total. The minimum absolute atomic E-state index is 0.0221. The number of carbonyl (C=O) groups is 1. The maximum Gasteiger partial charge on any atom is 0.290 e. The van der Waals surface area contributed by atoms with Crippen LogP contribution in [-0.2, 0) is 0 Å². The van der Waals surface area contributed by atoms with Crippen LogP contribution in [0.15, 0.2) is 45.6 Å². The molecule has 1 aliphatic rings. The first-order valence-corrected chi connectivity index (χ1v) is 10.1. The maximum absolute atomic E-state index is 14.8. The molecule has 2 aromatic carbocycles. The Labute approximate surface area is 174 Å². The van der Waals surface area contributed by atoms with E-state index in [0.29, 0.717) is 29.5 Å². The number of aryl methyl sites for hydroxylation is 2. The van der Waals surface area contributed by atoms with Crippen LogP contribution in [0.3, 0.4) is 0 Å². The van der Waals surface area contributed by atoms with E-state index in [9.17, 15) is 14.0 Å². The zero-order valence-electron chi connectivity index (χ0n) is 17.7. The standard InChI is InChI=1S/C24H25FN2O3/c1-14-12-17-19(13-15(14)2)30-23-20(22(17)28)21(16-8-5-6-9-18(16)25)27(24(23)29)11-7-10-26(3)4/h5-6,8-9,12-13,21H,7,10-11H2,1-4H3. The van der Waals surface area contributed by atoms with Crippen molar-refractivity contribution in [2.75, 3.05) is 27.2 Å². The molecule has 0 spiro atoms. The van der Waals surface area contributed by atoms with Crippen LogP contribution in [0.4, 0.5) is 4.39 Å². The molecule has 0 bridgehead atoms. The summed E-state index contributed by atoms with van der Waals surface area (Å²) in [4.78, 5) is 30.3. The van der Waals surface area contributed by atoms with Crippen LogP contribution in [0.5, 0.6) is 0 Å². The molecule has 0 saturated heterocycles. The third-order valence-corrected chi connectivity index (χ3v) is 5.79. The quantitative estimate of drug-likeness (QED) is 0.639. The predicted octanol–water partition coefficient (Wildman–Crippen LogP) is 4.05. The predicted molar refractivity (Wildman–Crippen MR) is 114 cm³/mol. The topological polar surface area (TPSA) is 53.8 Å². The summed E-state index contributed by atoms with van der Waals surface area (Å²) in [5.74, 6) is -0.788. The van der Waals surface area contributed by atoms with Crippen molar-refractivity contribution in [2.45, 2.75) is 26.3 Å². The van der Waals surface area contributed by atoms with Crippen LogP contribution in [0.25, 0.3) is 11.0 Å². The lowest BCUT2D eigenvalue weighted by Crippen LogP contribution is -2.32. The SMILES string of the molecule is Cc1cc2oc3c(c(=O)c2cc1C)C(c1ccccc1F)N(CCCN(C)C)C3=O. The Kier molecular flexibility index (Phi) is 5.20. The fourth-order valence-corrected chi connectivity index (χ4v) is 4.08. The van der Waals surface area contributed by atoms with E-state index < -0.39 is 11.9 Å². The molecule has 1 atom stereocenters. The van der Waals surface area contributed by atoms with Gasteiger partial charge in [-0.1, -0.05) is 18.2 Å². The van der Waals surface area contributed by atoms with Crippen molar-refractivity contribution in [3.63, 3.8) is 0 Å². The highest BCUT2D eigenvalue weighted by molar-refractivity contribution is 5.99. The average Bonchev–Trinajstić information content (AvgIpc) is 2.96. The summed E-state index contributed by atoms with van der Waals surface area (Å²) >= 11 is 0. The van der Waals surface area contributed by atoms with Crippen LogP contribution in [-0.4, -0.2) is 42.9 Å². The number of benzene rings is 2. The molecular weight excluding hydrogens is 383 g/mol. The molecule has 0 aliphatic carbocycles. The molecule has 2 heterocycles. The molecule has 6 heteroatoms. The molecule has 3 aromatic rings. The van der Waals surface area contributed by atoms with Crippen molar-refractivity contribution >= 4 is 16.9 Å². The Morgan fingerprint density at radius 3 is 2.50 bits per heavy atom. The van der Waals surface area contributed by atoms with Gasteiger partial charge in [0.1, 0.15) is 11.4 Å². The highest BCUT2D eigenvalue weighted by Gasteiger charge is 2.43. The molecule has 0 N–H and O–H groups in total. The molecule has 1 aromatic heterocycles. The summed E-state index contributed by atoms with van der Waals surface area (Å²) in [6.45, 7) is 5.02. The largest absolute Gasteiger partial charge is 0.450 e. The van der Waals surface area contributed by atoms with Crippen LogP contribution in [0.2, 0.25) is 0 Å². The molecular formula is C24H25FN2O3. The number of fused-ring (bicyclic) bond motifs is 2. The second kappa shape index (κ2) is 7.69. The van der Waals surface area contributed by atoms with E-state index in [4.69, 9.17) is 4.42 Å². The van der Waals surface area contributed by atoms with Gasteiger partial charge in [-0.3, -0.25) is 9.59 Å². The average molecular weight is 408 g/mol. The van der Waals surface area contributed by atoms with Crippen molar-refractivity contribution in [3.8, 4) is 0 Å². The summed E-state index contributed by atoms with van der Waals surface area (Å²) in [6, 6.07) is 9.08. The normalized spacial score (nSPS) is 16.0. The fraction of sp³-hybridized carbons (Fsp3) is 0.333. The first-order valence-electron chi connectivity index (χ1n) is 10.1. The van der Waals surface area contributed by atoms with Gasteiger partial charge in [0, 0.05) is 12.1 Å². The van der Waals surface area contributed by atoms with Gasteiger partial charge in [-0.2, -0.15) is 0 Å². The first kappa shape index (κ1) is 20.3. The van der Waals surface area contributed by atoms with Gasteiger partial charge in [0.05, 0.1) is 17.0 Å². The van der Waals surface area contributed by atoms with Gasteiger partial charge in [-0.15, -0.1) is 0 Å². The van der Waals surface area contributed by atoms with Crippen LogP contribution >= 0.6 is 0 Å². The minimum atomic E-state index is -0.793. The number of hydrogen-bond acceptors (Lipinski definition) is 4. The number of hydrogen-bond donors (Lipinski definition) is 0. The van der Waals surface area contributed by atoms with Crippen molar-refractivity contribution < 1.29 is 13.6 Å². The maximum atomic E-state index is 14.8. The summed E-state index contributed by atoms with van der Waals surface area (Å²) in [5, 5.41) is 0.418. The summed E-state index contributed by atoms with van der Waals surface area (Å²) in [5.41, 5.74) is 2.59. The van der Waals surface area contributed by atoms with Gasteiger partial charge in [0.2, 0.25) is 5.76 Å². The van der Waals surface area contributed by atoms with Crippen LogP contribution in [0, 0.1) is 19.7 Å². The lowest BCUT2D eigenvalue weighted by Gasteiger charge is -2.26. The summed E-state index contributed by atoms with van der Waals surface area (Å²) in [6.07, 6.45) is 0.698. The van der Waals surface area contributed by atoms with Crippen molar-refractivity contribution in [3.05, 3.63) is 80.5 Å². The third-order valence-electron chi connectivity index (χ3n) is 5.79. The van der Waals surface area contributed by atoms with Gasteiger partial charge in [0.25, 0.3) is 5.91 Å². The zero-order chi connectivity index (χ0) is 21.6. The van der Waals surface area contributed by atoms with E-state index in [1.165, 1.54) is 6.07 Å². The Morgan fingerprint density at radius 1 is 1.10 bits per heavy atom. The van der Waals surface area contributed by atoms with Gasteiger partial charge >= 0.3 is 0 Å². The summed E-state index contributed by atoms with van der Waals surface area (Å²) < 4.78 is 20.7. The van der Waals surface area contributed by atoms with E-state index in [0.717, 1.165) is 17.7 Å². The molecule has 156 valence electrons. The Bertz CT molecular complexity index is 1200. The number of rotatable bonds is 5. The fourth-order valence-electron chi connectivity index (χ4n) is 4.08. The van der Waals surface area contributed by atoms with Gasteiger partial charge in [-0.25, -0.2) is 4.39 Å². The smallest absolute Gasteiger partial charge is 0.290 e. The van der Waals surface area contributed by atoms with E-state index in [1.54, 1.807) is 35.2 Å². The Hall–Kier alpha value is -2.99. The van der Waals surface area contributed by atoms with E-state index >= 15 is 0 Å². The summed E-state index contributed by atoms with van der Waals surface area (Å²) in [7, 11) is 3.91. The van der Waals surface area contributed by atoms with Gasteiger partial charge < -0.3 is 14.2 Å². The molecule has 0 saturated carbocycles. The molecule has 1 aliphatic heterocycles. The second-order valence-corrected chi connectivity index (χ2v) is 8.19. The molecule has 1 unspecified atom stereocenters. The van der Waals surface area contributed by atoms with Crippen molar-refractivity contribution in [1.29, 1.82) is 0 Å². The lowest BCUT2D eigenvalue weighted by atomic mass is 9.97. The third kappa shape index (κ3) is 3.31. The van der Waals surface area contributed by atoms with Gasteiger partial charge in [0.15, 0.2) is 5.43 Å². The van der Waals surface area contributed by atoms with Gasteiger partial charge in [-0.05, 0) is 70.2 Å². The number of amides is 1. The number of halogens is 1. The molecule has 30 heavy (non-hydrogen) atoms. The van der Waals surface area contributed by atoms with E-state index in [1.807, 2.05) is 32.8 Å². The molecule has 0 radical (unpaired) electrons. The van der Waals surface area contributed by atoms with E-state index in [2.05, 4.69) is 0 Å². The number of nitrogens with zero attached hydrogens (tertiary/aromatic N) is 2. The highest BCUT2D eigenvalue weighted by Crippen LogP contribution is 2.39. The Balaban J connectivity index is 1.93. The second-order valence-electron chi connectivity index (χ2n) is 8.19.